The van der Waals surface area contributed by atoms with E-state index in [2.05, 4.69) is 10.3 Å². The molecule has 0 spiro atoms. The van der Waals surface area contributed by atoms with E-state index in [0.29, 0.717) is 54.5 Å². The SMILES string of the molecule is Cc1cc(C(=O)N(C)CCOCCSc2cc3c(cc2Cl)NC(=O)C3)c(C=O)[nH]1. The van der Waals surface area contributed by atoms with Gasteiger partial charge in [-0.25, -0.2) is 0 Å². The van der Waals surface area contributed by atoms with Crippen LogP contribution in [0.25, 0.3) is 0 Å². The molecule has 0 bridgehead atoms. The van der Waals surface area contributed by atoms with Gasteiger partial charge in [-0.1, -0.05) is 11.6 Å². The first-order chi connectivity index (χ1) is 13.9. The van der Waals surface area contributed by atoms with Crippen LogP contribution < -0.4 is 5.32 Å². The number of anilines is 1. The number of carbonyl (C=O) groups excluding carboxylic acids is 3. The van der Waals surface area contributed by atoms with E-state index in [0.717, 1.165) is 21.8 Å². The van der Waals surface area contributed by atoms with Crippen molar-refractivity contribution in [1.82, 2.24) is 9.88 Å². The van der Waals surface area contributed by atoms with Crippen molar-refractivity contribution in [2.24, 2.45) is 0 Å². The van der Waals surface area contributed by atoms with Gasteiger partial charge in [0.25, 0.3) is 5.91 Å². The zero-order valence-corrected chi connectivity index (χ0v) is 17.8. The van der Waals surface area contributed by atoms with Gasteiger partial charge in [0.05, 0.1) is 35.9 Å². The Bertz CT molecular complexity index is 944. The summed E-state index contributed by atoms with van der Waals surface area (Å²) in [6, 6.07) is 5.39. The highest BCUT2D eigenvalue weighted by atomic mass is 35.5. The maximum atomic E-state index is 12.4. The van der Waals surface area contributed by atoms with Crippen LogP contribution in [0.3, 0.4) is 0 Å². The number of fused-ring (bicyclic) bond motifs is 1. The highest BCUT2D eigenvalue weighted by molar-refractivity contribution is 7.99. The number of aldehydes is 1. The largest absolute Gasteiger partial charge is 0.379 e. The smallest absolute Gasteiger partial charge is 0.255 e. The van der Waals surface area contributed by atoms with Gasteiger partial charge in [-0.2, -0.15) is 0 Å². The number of halogens is 1. The average molecular weight is 436 g/mol. The minimum atomic E-state index is -0.220. The molecule has 9 heteroatoms. The number of likely N-dealkylation sites (N-methyl/N-ethyl adjacent to an activating group) is 1. The molecule has 0 saturated carbocycles. The summed E-state index contributed by atoms with van der Waals surface area (Å²) >= 11 is 7.84. The van der Waals surface area contributed by atoms with E-state index in [1.165, 1.54) is 4.90 Å². The predicted molar refractivity (Wildman–Crippen MR) is 113 cm³/mol. The van der Waals surface area contributed by atoms with Gasteiger partial charge in [-0.3, -0.25) is 14.4 Å². The number of hydrogen-bond donors (Lipinski definition) is 2. The van der Waals surface area contributed by atoms with Crippen LogP contribution in [0.15, 0.2) is 23.1 Å². The number of H-pyrrole nitrogens is 1. The molecule has 0 atom stereocenters. The van der Waals surface area contributed by atoms with Gasteiger partial charge >= 0.3 is 0 Å². The zero-order valence-electron chi connectivity index (χ0n) is 16.2. The molecule has 3 rings (SSSR count). The second kappa shape index (κ2) is 9.47. The summed E-state index contributed by atoms with van der Waals surface area (Å²) in [5.74, 6) is 0.460. The lowest BCUT2D eigenvalue weighted by molar-refractivity contribution is -0.115. The summed E-state index contributed by atoms with van der Waals surface area (Å²) in [5, 5.41) is 3.38. The fourth-order valence-corrected chi connectivity index (χ4v) is 4.21. The molecule has 2 N–H and O–H groups in total. The number of nitrogens with zero attached hydrogens (tertiary/aromatic N) is 1. The first-order valence-electron chi connectivity index (χ1n) is 9.12. The molecule has 1 aliphatic rings. The van der Waals surface area contributed by atoms with Gasteiger partial charge in [0, 0.05) is 35.6 Å². The average Bonchev–Trinajstić information content (AvgIpc) is 3.24. The monoisotopic (exact) mass is 435 g/mol. The number of ether oxygens (including phenoxy) is 1. The van der Waals surface area contributed by atoms with Crippen LogP contribution in [0.2, 0.25) is 5.02 Å². The Labute approximate surface area is 178 Å². The second-order valence-corrected chi connectivity index (χ2v) is 8.29. The molecule has 1 aromatic carbocycles. The van der Waals surface area contributed by atoms with Crippen molar-refractivity contribution >= 4 is 47.2 Å². The molecule has 2 amide bonds. The first-order valence-corrected chi connectivity index (χ1v) is 10.5. The molecule has 2 aromatic rings. The molecule has 2 heterocycles. The van der Waals surface area contributed by atoms with Crippen LogP contribution in [0, 0.1) is 6.92 Å². The Balaban J connectivity index is 1.40. The number of aryl methyl sites for hydroxylation is 1. The molecule has 0 radical (unpaired) electrons. The van der Waals surface area contributed by atoms with Crippen molar-refractivity contribution in [3.63, 3.8) is 0 Å². The van der Waals surface area contributed by atoms with Crippen molar-refractivity contribution in [3.05, 3.63) is 45.7 Å². The lowest BCUT2D eigenvalue weighted by atomic mass is 10.2. The summed E-state index contributed by atoms with van der Waals surface area (Å²) < 4.78 is 5.62. The number of benzene rings is 1. The normalized spacial score (nSPS) is 12.6. The highest BCUT2D eigenvalue weighted by Crippen LogP contribution is 2.35. The number of aromatic amines is 1. The Hall–Kier alpha value is -2.29. The number of nitrogens with one attached hydrogen (secondary N) is 2. The predicted octanol–water partition coefficient (Wildman–Crippen LogP) is 3.16. The van der Waals surface area contributed by atoms with E-state index in [9.17, 15) is 14.4 Å². The van der Waals surface area contributed by atoms with Crippen molar-refractivity contribution in [3.8, 4) is 0 Å². The molecular weight excluding hydrogens is 414 g/mol. The molecule has 1 aromatic heterocycles. The molecular formula is C20H22ClN3O4S. The number of carbonyl (C=O) groups is 3. The molecule has 29 heavy (non-hydrogen) atoms. The first kappa shape index (κ1) is 21.4. The Morgan fingerprint density at radius 2 is 2.14 bits per heavy atom. The minimum absolute atomic E-state index is 0.0183. The van der Waals surface area contributed by atoms with Gasteiger partial charge in [0.1, 0.15) is 0 Å². The van der Waals surface area contributed by atoms with Crippen molar-refractivity contribution in [2.75, 3.05) is 37.9 Å². The van der Waals surface area contributed by atoms with E-state index in [1.807, 2.05) is 6.07 Å². The molecule has 1 aliphatic heterocycles. The van der Waals surface area contributed by atoms with Crippen molar-refractivity contribution in [2.45, 2.75) is 18.2 Å². The van der Waals surface area contributed by atoms with Gasteiger partial charge in [0.15, 0.2) is 6.29 Å². The maximum absolute atomic E-state index is 12.4. The van der Waals surface area contributed by atoms with Gasteiger partial charge in [0.2, 0.25) is 5.91 Å². The third-order valence-electron chi connectivity index (χ3n) is 4.52. The van der Waals surface area contributed by atoms with Gasteiger partial charge in [-0.15, -0.1) is 11.8 Å². The number of thioether (sulfide) groups is 1. The van der Waals surface area contributed by atoms with E-state index in [-0.39, 0.29) is 11.8 Å². The number of rotatable bonds is 9. The summed E-state index contributed by atoms with van der Waals surface area (Å²) in [4.78, 5) is 40.3. The van der Waals surface area contributed by atoms with E-state index >= 15 is 0 Å². The van der Waals surface area contributed by atoms with Gasteiger partial charge < -0.3 is 19.9 Å². The molecule has 0 saturated heterocycles. The van der Waals surface area contributed by atoms with Crippen molar-refractivity contribution < 1.29 is 19.1 Å². The number of amides is 2. The third kappa shape index (κ3) is 5.20. The summed E-state index contributed by atoms with van der Waals surface area (Å²) in [7, 11) is 1.68. The topological polar surface area (TPSA) is 91.5 Å². The van der Waals surface area contributed by atoms with Crippen LogP contribution in [-0.2, 0) is 16.0 Å². The third-order valence-corrected chi connectivity index (χ3v) is 5.96. The molecule has 0 unspecified atom stereocenters. The fraction of sp³-hybridized carbons (Fsp3) is 0.350. The molecule has 0 fully saturated rings. The van der Waals surface area contributed by atoms with Crippen LogP contribution in [0.5, 0.6) is 0 Å². The van der Waals surface area contributed by atoms with Crippen LogP contribution in [0.4, 0.5) is 5.69 Å². The van der Waals surface area contributed by atoms with E-state index < -0.39 is 0 Å². The van der Waals surface area contributed by atoms with Crippen LogP contribution >= 0.6 is 23.4 Å². The lowest BCUT2D eigenvalue weighted by Crippen LogP contribution is -2.30. The second-order valence-electron chi connectivity index (χ2n) is 6.75. The van der Waals surface area contributed by atoms with Gasteiger partial charge in [-0.05, 0) is 30.7 Å². The van der Waals surface area contributed by atoms with Crippen LogP contribution in [0.1, 0.15) is 32.1 Å². The van der Waals surface area contributed by atoms with Crippen molar-refractivity contribution in [1.29, 1.82) is 0 Å². The number of hydrogen-bond acceptors (Lipinski definition) is 5. The Morgan fingerprint density at radius 1 is 1.34 bits per heavy atom. The van der Waals surface area contributed by atoms with Crippen LogP contribution in [-0.4, -0.2) is 60.5 Å². The van der Waals surface area contributed by atoms with E-state index in [1.54, 1.807) is 37.9 Å². The summed E-state index contributed by atoms with van der Waals surface area (Å²) in [6.45, 7) is 3.10. The Kier molecular flexibility index (Phi) is 7.00. The molecule has 154 valence electrons. The Morgan fingerprint density at radius 3 is 2.90 bits per heavy atom. The fourth-order valence-electron chi connectivity index (χ4n) is 3.04. The summed E-state index contributed by atoms with van der Waals surface area (Å²) in [6.07, 6.45) is 1.03. The quantitative estimate of drug-likeness (QED) is 0.358. The molecule has 0 aliphatic carbocycles. The minimum Gasteiger partial charge on any atom is -0.379 e. The zero-order chi connectivity index (χ0) is 21.0. The number of aromatic nitrogens is 1. The maximum Gasteiger partial charge on any atom is 0.255 e. The molecule has 7 nitrogen and oxygen atoms in total. The lowest BCUT2D eigenvalue weighted by Gasteiger charge is -2.17. The van der Waals surface area contributed by atoms with E-state index in [4.69, 9.17) is 16.3 Å². The standard InChI is InChI=1S/C20H22ClN3O4S/c1-12-7-14(17(11-25)22-12)20(27)24(2)3-4-28-5-6-29-18-8-13-9-19(26)23-16(13)10-15(18)21/h7-8,10-11,22H,3-6,9H2,1-2H3,(H,23,26). The highest BCUT2D eigenvalue weighted by Gasteiger charge is 2.20. The summed E-state index contributed by atoms with van der Waals surface area (Å²) in [5.41, 5.74) is 3.17.